The summed E-state index contributed by atoms with van der Waals surface area (Å²) in [5.41, 5.74) is 7.10. The average molecular weight is 441 g/mol. The van der Waals surface area contributed by atoms with Crippen molar-refractivity contribution in [3.8, 4) is 11.5 Å². The SMILES string of the molecule is COc1ccc([C@@H]2Nc3ccccc3NC3=C2C(=O)C[C@H](c2ccc(C)cc2)C3)cc1OC. The molecule has 0 amide bonds. The van der Waals surface area contributed by atoms with E-state index >= 15 is 0 Å². The van der Waals surface area contributed by atoms with Gasteiger partial charge in [-0.1, -0.05) is 48.0 Å². The number of carbonyl (C=O) groups is 1. The van der Waals surface area contributed by atoms with Crippen LogP contribution in [0.25, 0.3) is 0 Å². The summed E-state index contributed by atoms with van der Waals surface area (Å²) in [6, 6.07) is 22.2. The number of para-hydroxylation sites is 2. The number of nitrogens with one attached hydrogen (secondary N) is 2. The summed E-state index contributed by atoms with van der Waals surface area (Å²) in [6.45, 7) is 2.08. The Balaban J connectivity index is 1.61. The van der Waals surface area contributed by atoms with Gasteiger partial charge >= 0.3 is 0 Å². The Bertz CT molecular complexity index is 1230. The number of hydrogen-bond acceptors (Lipinski definition) is 5. The number of ether oxygens (including phenoxy) is 2. The smallest absolute Gasteiger partial charge is 0.163 e. The van der Waals surface area contributed by atoms with Crippen LogP contribution in [0.3, 0.4) is 0 Å². The Labute approximate surface area is 194 Å². The first-order chi connectivity index (χ1) is 16.1. The molecule has 2 N–H and O–H groups in total. The van der Waals surface area contributed by atoms with Crippen molar-refractivity contribution in [1.29, 1.82) is 0 Å². The largest absolute Gasteiger partial charge is 0.493 e. The van der Waals surface area contributed by atoms with Gasteiger partial charge in [0.05, 0.1) is 31.6 Å². The number of carbonyl (C=O) groups excluding carboxylic acids is 1. The number of aryl methyl sites for hydroxylation is 1. The van der Waals surface area contributed by atoms with E-state index in [4.69, 9.17) is 9.47 Å². The van der Waals surface area contributed by atoms with Crippen LogP contribution in [-0.2, 0) is 4.79 Å². The first-order valence-corrected chi connectivity index (χ1v) is 11.2. The van der Waals surface area contributed by atoms with Crippen molar-refractivity contribution in [2.24, 2.45) is 0 Å². The van der Waals surface area contributed by atoms with E-state index in [1.54, 1.807) is 14.2 Å². The van der Waals surface area contributed by atoms with Gasteiger partial charge in [-0.05, 0) is 54.7 Å². The summed E-state index contributed by atoms with van der Waals surface area (Å²) in [5, 5.41) is 7.21. The lowest BCUT2D eigenvalue weighted by atomic mass is 9.78. The fourth-order valence-corrected chi connectivity index (χ4v) is 4.85. The van der Waals surface area contributed by atoms with Crippen molar-refractivity contribution in [3.63, 3.8) is 0 Å². The number of ketones is 1. The zero-order chi connectivity index (χ0) is 22.9. The van der Waals surface area contributed by atoms with Crippen LogP contribution < -0.4 is 20.1 Å². The van der Waals surface area contributed by atoms with E-state index in [1.165, 1.54) is 11.1 Å². The second kappa shape index (κ2) is 8.66. The van der Waals surface area contributed by atoms with E-state index in [0.717, 1.165) is 34.6 Å². The van der Waals surface area contributed by atoms with Gasteiger partial charge in [-0.2, -0.15) is 0 Å². The maximum Gasteiger partial charge on any atom is 0.163 e. The monoisotopic (exact) mass is 440 g/mol. The highest BCUT2D eigenvalue weighted by molar-refractivity contribution is 6.01. The van der Waals surface area contributed by atoms with Gasteiger partial charge in [0.25, 0.3) is 0 Å². The highest BCUT2D eigenvalue weighted by Crippen LogP contribution is 2.45. The first-order valence-electron chi connectivity index (χ1n) is 11.2. The molecular formula is C28H28N2O3. The molecule has 0 saturated carbocycles. The Morgan fingerprint density at radius 2 is 1.52 bits per heavy atom. The molecule has 0 saturated heterocycles. The number of hydrogen-bond donors (Lipinski definition) is 2. The number of anilines is 2. The second-order valence-corrected chi connectivity index (χ2v) is 8.69. The molecule has 0 radical (unpaired) electrons. The number of methoxy groups -OCH3 is 2. The molecule has 0 spiro atoms. The molecular weight excluding hydrogens is 412 g/mol. The maximum atomic E-state index is 13.7. The summed E-state index contributed by atoms with van der Waals surface area (Å²) in [4.78, 5) is 13.7. The van der Waals surface area contributed by atoms with Crippen LogP contribution in [0.1, 0.15) is 41.5 Å². The molecule has 0 bridgehead atoms. The van der Waals surface area contributed by atoms with Gasteiger partial charge in [-0.25, -0.2) is 0 Å². The van der Waals surface area contributed by atoms with Crippen LogP contribution in [0.2, 0.25) is 0 Å². The van der Waals surface area contributed by atoms with Crippen LogP contribution in [-0.4, -0.2) is 20.0 Å². The van der Waals surface area contributed by atoms with E-state index in [0.29, 0.717) is 17.9 Å². The molecule has 168 valence electrons. The van der Waals surface area contributed by atoms with Crippen molar-refractivity contribution in [3.05, 3.63) is 94.7 Å². The zero-order valence-corrected chi connectivity index (χ0v) is 19.1. The highest BCUT2D eigenvalue weighted by atomic mass is 16.5. The van der Waals surface area contributed by atoms with Gasteiger partial charge in [-0.15, -0.1) is 0 Å². The second-order valence-electron chi connectivity index (χ2n) is 8.69. The van der Waals surface area contributed by atoms with Crippen LogP contribution in [0.5, 0.6) is 11.5 Å². The Kier molecular flexibility index (Phi) is 5.55. The van der Waals surface area contributed by atoms with E-state index in [-0.39, 0.29) is 17.7 Å². The normalized spacial score (nSPS) is 19.5. The molecule has 0 unspecified atom stereocenters. The fraction of sp³-hybridized carbons (Fsp3) is 0.250. The first kappa shape index (κ1) is 21.1. The third kappa shape index (κ3) is 3.95. The highest BCUT2D eigenvalue weighted by Gasteiger charge is 2.36. The zero-order valence-electron chi connectivity index (χ0n) is 19.1. The average Bonchev–Trinajstić information content (AvgIpc) is 3.01. The molecule has 5 rings (SSSR count). The van der Waals surface area contributed by atoms with E-state index in [2.05, 4.69) is 41.8 Å². The number of rotatable bonds is 4. The lowest BCUT2D eigenvalue weighted by Crippen LogP contribution is -2.26. The molecule has 2 aliphatic rings. The summed E-state index contributed by atoms with van der Waals surface area (Å²) < 4.78 is 11.0. The minimum absolute atomic E-state index is 0.153. The molecule has 2 atom stereocenters. The van der Waals surface area contributed by atoms with Crippen LogP contribution in [0.4, 0.5) is 11.4 Å². The quantitative estimate of drug-likeness (QED) is 0.522. The minimum Gasteiger partial charge on any atom is -0.493 e. The maximum absolute atomic E-state index is 13.7. The molecule has 5 heteroatoms. The lowest BCUT2D eigenvalue weighted by Gasteiger charge is -2.30. The topological polar surface area (TPSA) is 59.6 Å². The van der Waals surface area contributed by atoms with Gasteiger partial charge in [0, 0.05) is 17.7 Å². The molecule has 1 aliphatic carbocycles. The van der Waals surface area contributed by atoms with Gasteiger partial charge in [0.2, 0.25) is 0 Å². The Morgan fingerprint density at radius 1 is 0.818 bits per heavy atom. The molecule has 5 nitrogen and oxygen atoms in total. The predicted octanol–water partition coefficient (Wildman–Crippen LogP) is 5.99. The van der Waals surface area contributed by atoms with Gasteiger partial charge in [0.1, 0.15) is 0 Å². The van der Waals surface area contributed by atoms with E-state index in [1.807, 2.05) is 42.5 Å². The number of fused-ring (bicyclic) bond motifs is 1. The molecule has 3 aromatic rings. The van der Waals surface area contributed by atoms with E-state index < -0.39 is 0 Å². The number of benzene rings is 3. The van der Waals surface area contributed by atoms with Crippen molar-refractivity contribution in [2.75, 3.05) is 24.9 Å². The van der Waals surface area contributed by atoms with Crippen molar-refractivity contribution in [1.82, 2.24) is 0 Å². The lowest BCUT2D eigenvalue weighted by molar-refractivity contribution is -0.116. The Hall–Kier alpha value is -3.73. The molecule has 33 heavy (non-hydrogen) atoms. The Morgan fingerprint density at radius 3 is 2.24 bits per heavy atom. The molecule has 3 aromatic carbocycles. The van der Waals surface area contributed by atoms with Gasteiger partial charge < -0.3 is 20.1 Å². The van der Waals surface area contributed by atoms with Crippen LogP contribution in [0.15, 0.2) is 78.0 Å². The van der Waals surface area contributed by atoms with Crippen LogP contribution >= 0.6 is 0 Å². The molecule has 1 heterocycles. The minimum atomic E-state index is -0.289. The third-order valence-corrected chi connectivity index (χ3v) is 6.60. The van der Waals surface area contributed by atoms with Gasteiger partial charge in [-0.3, -0.25) is 4.79 Å². The summed E-state index contributed by atoms with van der Waals surface area (Å²) >= 11 is 0. The predicted molar refractivity (Wildman–Crippen MR) is 131 cm³/mol. The van der Waals surface area contributed by atoms with Crippen molar-refractivity contribution >= 4 is 17.2 Å². The van der Waals surface area contributed by atoms with E-state index in [9.17, 15) is 4.79 Å². The summed E-state index contributed by atoms with van der Waals surface area (Å²) in [6.07, 6.45) is 1.27. The number of allylic oxidation sites excluding steroid dienone is 1. The van der Waals surface area contributed by atoms with Crippen molar-refractivity contribution < 1.29 is 14.3 Å². The summed E-state index contributed by atoms with van der Waals surface area (Å²) in [7, 11) is 3.25. The molecule has 0 fully saturated rings. The standard InChI is InChI=1S/C28H28N2O3/c1-17-8-10-18(11-9-17)20-14-23-27(24(31)15-20)28(30-22-7-5-4-6-21(22)29-23)19-12-13-25(32-2)26(16-19)33-3/h4-13,16,20,28-30H,14-15H2,1-3H3/t20-,28+/m1/s1. The number of Topliss-reactive ketones (excluding diaryl/α,β-unsaturated/α-hetero) is 1. The third-order valence-electron chi connectivity index (χ3n) is 6.60. The van der Waals surface area contributed by atoms with Gasteiger partial charge in [0.15, 0.2) is 17.3 Å². The van der Waals surface area contributed by atoms with Crippen LogP contribution in [0, 0.1) is 6.92 Å². The molecule has 1 aliphatic heterocycles. The summed E-state index contributed by atoms with van der Waals surface area (Å²) in [5.74, 6) is 1.62. The van der Waals surface area contributed by atoms with Crippen molar-refractivity contribution in [2.45, 2.75) is 31.7 Å². The molecule has 0 aromatic heterocycles. The fourth-order valence-electron chi connectivity index (χ4n) is 4.85.